The Hall–Kier alpha value is -3.60. The largest absolute Gasteiger partial charge is 0.339 e. The summed E-state index contributed by atoms with van der Waals surface area (Å²) in [5, 5.41) is 3.80. The number of aryl methyl sites for hydroxylation is 3. The molecular weight excluding hydrogens is 374 g/mol. The van der Waals surface area contributed by atoms with E-state index in [9.17, 15) is 9.59 Å². The Kier molecular flexibility index (Phi) is 5.27. The number of amides is 1. The van der Waals surface area contributed by atoms with Crippen LogP contribution in [-0.4, -0.2) is 15.0 Å². The maximum absolute atomic E-state index is 13.1. The van der Waals surface area contributed by atoms with Crippen molar-refractivity contribution in [3.8, 4) is 0 Å². The molecule has 2 aromatic heterocycles. The topological polar surface area (TPSA) is 56.0 Å². The molecule has 4 aromatic rings. The zero-order chi connectivity index (χ0) is 21.3. The van der Waals surface area contributed by atoms with Crippen LogP contribution in [0.15, 0.2) is 71.8 Å². The average Bonchev–Trinajstić information content (AvgIpc) is 3.10. The fourth-order valence-electron chi connectivity index (χ4n) is 3.72. The van der Waals surface area contributed by atoms with Gasteiger partial charge in [-0.25, -0.2) is 0 Å². The van der Waals surface area contributed by atoms with E-state index in [1.54, 1.807) is 6.20 Å². The molecule has 152 valence electrons. The molecule has 5 heteroatoms. The fourth-order valence-corrected chi connectivity index (χ4v) is 3.72. The van der Waals surface area contributed by atoms with Gasteiger partial charge in [0.05, 0.1) is 0 Å². The standard InChI is InChI=1S/C25H25N3O2/c1-17-5-4-6-20(13-17)15-27-11-9-21-10-12-28(25(30)24(21)27)16-23(29)26-22-14-18(2)7-8-19(22)3/h4-14H,15-16H2,1-3H3,(H,26,29). The van der Waals surface area contributed by atoms with Gasteiger partial charge in [0.25, 0.3) is 5.56 Å². The molecule has 1 N–H and O–H groups in total. The molecule has 0 aliphatic heterocycles. The second-order valence-electron chi connectivity index (χ2n) is 7.85. The number of benzene rings is 2. The van der Waals surface area contributed by atoms with Gasteiger partial charge in [-0.1, -0.05) is 42.0 Å². The van der Waals surface area contributed by atoms with Gasteiger partial charge in [-0.2, -0.15) is 0 Å². The third kappa shape index (κ3) is 4.06. The van der Waals surface area contributed by atoms with E-state index in [1.165, 1.54) is 10.1 Å². The first kappa shape index (κ1) is 19.7. The molecule has 0 saturated carbocycles. The van der Waals surface area contributed by atoms with E-state index < -0.39 is 0 Å². The summed E-state index contributed by atoms with van der Waals surface area (Å²) in [7, 11) is 0. The Labute approximate surface area is 175 Å². The average molecular weight is 399 g/mol. The van der Waals surface area contributed by atoms with Crippen molar-refractivity contribution < 1.29 is 4.79 Å². The zero-order valence-electron chi connectivity index (χ0n) is 17.5. The van der Waals surface area contributed by atoms with Gasteiger partial charge in [0.1, 0.15) is 12.1 Å². The van der Waals surface area contributed by atoms with Crippen molar-refractivity contribution in [1.82, 2.24) is 9.13 Å². The SMILES string of the molecule is Cc1cccc(Cn2ccc3ccn(CC(=O)Nc4cc(C)ccc4C)c(=O)c32)c1. The lowest BCUT2D eigenvalue weighted by molar-refractivity contribution is -0.116. The molecule has 0 atom stereocenters. The van der Waals surface area contributed by atoms with E-state index in [0.29, 0.717) is 12.1 Å². The highest BCUT2D eigenvalue weighted by Crippen LogP contribution is 2.17. The van der Waals surface area contributed by atoms with E-state index in [4.69, 9.17) is 0 Å². The predicted octanol–water partition coefficient (Wildman–Crippen LogP) is 4.42. The van der Waals surface area contributed by atoms with Gasteiger partial charge in [0.15, 0.2) is 0 Å². The van der Waals surface area contributed by atoms with Gasteiger partial charge >= 0.3 is 0 Å². The minimum Gasteiger partial charge on any atom is -0.339 e. The van der Waals surface area contributed by atoms with Crippen LogP contribution in [0.3, 0.4) is 0 Å². The molecule has 4 rings (SSSR count). The van der Waals surface area contributed by atoms with Gasteiger partial charge in [0.2, 0.25) is 5.91 Å². The van der Waals surface area contributed by atoms with Crippen molar-refractivity contribution in [3.05, 3.63) is 99.6 Å². The van der Waals surface area contributed by atoms with Gasteiger partial charge in [-0.15, -0.1) is 0 Å². The van der Waals surface area contributed by atoms with Gasteiger partial charge < -0.3 is 14.5 Å². The first-order chi connectivity index (χ1) is 14.4. The Morgan fingerprint density at radius 1 is 0.900 bits per heavy atom. The van der Waals surface area contributed by atoms with Crippen LogP contribution >= 0.6 is 0 Å². The van der Waals surface area contributed by atoms with Crippen molar-refractivity contribution in [2.45, 2.75) is 33.9 Å². The van der Waals surface area contributed by atoms with E-state index in [0.717, 1.165) is 27.8 Å². The lowest BCUT2D eigenvalue weighted by Crippen LogP contribution is -2.28. The summed E-state index contributed by atoms with van der Waals surface area (Å²) in [6.45, 7) is 6.57. The molecule has 30 heavy (non-hydrogen) atoms. The summed E-state index contributed by atoms with van der Waals surface area (Å²) < 4.78 is 3.42. The first-order valence-electron chi connectivity index (χ1n) is 10.0. The highest BCUT2D eigenvalue weighted by molar-refractivity contribution is 5.91. The number of aromatic nitrogens is 2. The summed E-state index contributed by atoms with van der Waals surface area (Å²) >= 11 is 0. The molecule has 1 amide bonds. The molecule has 0 bridgehead atoms. The van der Waals surface area contributed by atoms with Crippen molar-refractivity contribution in [3.63, 3.8) is 0 Å². The summed E-state index contributed by atoms with van der Waals surface area (Å²) in [6.07, 6.45) is 3.61. The fraction of sp³-hybridized carbons (Fsp3) is 0.200. The van der Waals surface area contributed by atoms with Crippen LogP contribution in [0, 0.1) is 20.8 Å². The second-order valence-corrected chi connectivity index (χ2v) is 7.85. The number of carbonyl (C=O) groups excluding carboxylic acids is 1. The molecule has 0 spiro atoms. The number of carbonyl (C=O) groups is 1. The highest BCUT2D eigenvalue weighted by atomic mass is 16.2. The maximum atomic E-state index is 13.1. The molecule has 0 radical (unpaired) electrons. The van der Waals surface area contributed by atoms with Crippen LogP contribution in [0.2, 0.25) is 0 Å². The van der Waals surface area contributed by atoms with Crippen molar-refractivity contribution in [2.75, 3.05) is 5.32 Å². The van der Waals surface area contributed by atoms with Gasteiger partial charge in [0, 0.05) is 30.0 Å². The second kappa shape index (κ2) is 8.03. The van der Waals surface area contributed by atoms with Crippen LogP contribution in [0.4, 0.5) is 5.69 Å². The summed E-state index contributed by atoms with van der Waals surface area (Å²) in [4.78, 5) is 25.7. The maximum Gasteiger partial charge on any atom is 0.275 e. The van der Waals surface area contributed by atoms with Gasteiger partial charge in [-0.05, 0) is 55.7 Å². The monoisotopic (exact) mass is 399 g/mol. The van der Waals surface area contributed by atoms with Crippen LogP contribution in [0.1, 0.15) is 22.3 Å². The number of anilines is 1. The number of fused-ring (bicyclic) bond motifs is 1. The first-order valence-corrected chi connectivity index (χ1v) is 10.0. The lowest BCUT2D eigenvalue weighted by atomic mass is 10.1. The Morgan fingerprint density at radius 2 is 1.63 bits per heavy atom. The quantitative estimate of drug-likeness (QED) is 0.540. The van der Waals surface area contributed by atoms with Crippen molar-refractivity contribution in [2.24, 2.45) is 0 Å². The van der Waals surface area contributed by atoms with Gasteiger partial charge in [-0.3, -0.25) is 9.59 Å². The number of nitrogens with zero attached hydrogens (tertiary/aromatic N) is 2. The molecular formula is C25H25N3O2. The van der Waals surface area contributed by atoms with E-state index in [1.807, 2.05) is 61.0 Å². The normalized spacial score (nSPS) is 11.0. The summed E-state index contributed by atoms with van der Waals surface area (Å²) in [6, 6.07) is 18.0. The molecule has 0 fully saturated rings. The molecule has 0 aliphatic carbocycles. The molecule has 0 aliphatic rings. The molecule has 0 saturated heterocycles. The van der Waals surface area contributed by atoms with Crippen LogP contribution in [0.25, 0.3) is 10.9 Å². The Bertz CT molecular complexity index is 1300. The molecule has 2 heterocycles. The van der Waals surface area contributed by atoms with E-state index in [2.05, 4.69) is 30.4 Å². The molecule has 2 aromatic carbocycles. The van der Waals surface area contributed by atoms with Crippen molar-refractivity contribution >= 4 is 22.5 Å². The third-order valence-corrected chi connectivity index (χ3v) is 5.31. The van der Waals surface area contributed by atoms with Crippen LogP contribution in [0.5, 0.6) is 0 Å². The number of nitrogens with one attached hydrogen (secondary N) is 1. The number of hydrogen-bond acceptors (Lipinski definition) is 2. The number of pyridine rings is 1. The minimum absolute atomic E-state index is 0.0300. The summed E-state index contributed by atoms with van der Waals surface area (Å²) in [5.74, 6) is -0.220. The van der Waals surface area contributed by atoms with Crippen LogP contribution in [-0.2, 0) is 17.9 Å². The molecule has 5 nitrogen and oxygen atoms in total. The van der Waals surface area contributed by atoms with Crippen molar-refractivity contribution in [1.29, 1.82) is 0 Å². The Balaban J connectivity index is 1.60. The zero-order valence-corrected chi connectivity index (χ0v) is 17.5. The Morgan fingerprint density at radius 3 is 2.40 bits per heavy atom. The lowest BCUT2D eigenvalue weighted by Gasteiger charge is -2.11. The number of hydrogen-bond donors (Lipinski definition) is 1. The number of rotatable bonds is 5. The predicted molar refractivity (Wildman–Crippen MR) is 121 cm³/mol. The summed E-state index contributed by atoms with van der Waals surface area (Å²) in [5.41, 5.74) is 5.60. The third-order valence-electron chi connectivity index (χ3n) is 5.31. The van der Waals surface area contributed by atoms with E-state index in [-0.39, 0.29) is 18.0 Å². The smallest absolute Gasteiger partial charge is 0.275 e. The minimum atomic E-state index is -0.220. The van der Waals surface area contributed by atoms with E-state index >= 15 is 0 Å². The highest BCUT2D eigenvalue weighted by Gasteiger charge is 2.12. The molecule has 0 unspecified atom stereocenters. The van der Waals surface area contributed by atoms with Crippen LogP contribution < -0.4 is 10.9 Å².